The normalized spacial score (nSPS) is 10.0. The van der Waals surface area contributed by atoms with Gasteiger partial charge in [-0.2, -0.15) is 0 Å². The van der Waals surface area contributed by atoms with Crippen molar-refractivity contribution in [2.75, 3.05) is 14.1 Å². The topological polar surface area (TPSA) is 24.8 Å². The molecule has 22 heavy (non-hydrogen) atoms. The van der Waals surface area contributed by atoms with E-state index in [0.717, 1.165) is 0 Å². The second kappa shape index (κ2) is 7.09. The summed E-state index contributed by atoms with van der Waals surface area (Å²) in [4.78, 5) is 6.78. The Hall–Kier alpha value is -2.34. The summed E-state index contributed by atoms with van der Waals surface area (Å²) in [7, 11) is 3.46. The molecule has 0 bridgehead atoms. The molecule has 0 N–H and O–H groups in total. The van der Waals surface area contributed by atoms with Gasteiger partial charge in [0.1, 0.15) is 17.3 Å². The van der Waals surface area contributed by atoms with E-state index in [-0.39, 0.29) is 16.8 Å². The number of nitrogens with zero attached hydrogens (tertiary/aromatic N) is 2. The van der Waals surface area contributed by atoms with Crippen LogP contribution in [-0.2, 0) is 4.84 Å². The molecule has 0 saturated heterocycles. The average molecular weight is 320 g/mol. The van der Waals surface area contributed by atoms with E-state index >= 15 is 0 Å². The first-order valence-electron chi connectivity index (χ1n) is 6.45. The summed E-state index contributed by atoms with van der Waals surface area (Å²) in [5, 5.41) is 4.22. The first-order chi connectivity index (χ1) is 10.5. The Morgan fingerprint density at radius 1 is 0.909 bits per heavy atom. The van der Waals surface area contributed by atoms with Crippen LogP contribution in [0.2, 0.25) is 0 Å². The Morgan fingerprint density at radius 3 is 1.68 bits per heavy atom. The summed E-state index contributed by atoms with van der Waals surface area (Å²) in [5.74, 6) is -0.709. The van der Waals surface area contributed by atoms with Gasteiger partial charge < -0.3 is 9.74 Å². The second-order valence-corrected chi connectivity index (χ2v) is 5.05. The van der Waals surface area contributed by atoms with Crippen molar-refractivity contribution in [2.45, 2.75) is 0 Å². The van der Waals surface area contributed by atoms with E-state index in [1.54, 1.807) is 43.3 Å². The summed E-state index contributed by atoms with van der Waals surface area (Å²) in [5.41, 5.74) is 1.70. The van der Waals surface area contributed by atoms with Crippen LogP contribution in [0.1, 0.15) is 11.1 Å². The molecule has 3 nitrogen and oxygen atoms in total. The molecule has 0 radical (unpaired) electrons. The third kappa shape index (κ3) is 4.08. The van der Waals surface area contributed by atoms with Gasteiger partial charge in [0.2, 0.25) is 0 Å². The van der Waals surface area contributed by atoms with Crippen LogP contribution in [-0.4, -0.2) is 29.9 Å². The molecule has 0 spiro atoms. The number of thiocarbonyl (C=S) groups is 1. The molecule has 2 aromatic carbocycles. The smallest absolute Gasteiger partial charge is 0.291 e. The summed E-state index contributed by atoms with van der Waals surface area (Å²) in [6.07, 6.45) is 0. The zero-order chi connectivity index (χ0) is 16.1. The van der Waals surface area contributed by atoms with E-state index in [2.05, 4.69) is 5.16 Å². The lowest BCUT2D eigenvalue weighted by molar-refractivity contribution is 0.287. The minimum absolute atomic E-state index is 0.182. The highest BCUT2D eigenvalue weighted by molar-refractivity contribution is 7.79. The largest absolute Gasteiger partial charge is 0.337 e. The van der Waals surface area contributed by atoms with Crippen molar-refractivity contribution in [2.24, 2.45) is 5.16 Å². The van der Waals surface area contributed by atoms with E-state index in [0.29, 0.717) is 16.8 Å². The van der Waals surface area contributed by atoms with Gasteiger partial charge in [-0.3, -0.25) is 0 Å². The van der Waals surface area contributed by atoms with Crippen molar-refractivity contribution in [1.29, 1.82) is 0 Å². The van der Waals surface area contributed by atoms with Crippen molar-refractivity contribution in [1.82, 2.24) is 4.90 Å². The van der Waals surface area contributed by atoms with Crippen LogP contribution in [0.15, 0.2) is 53.7 Å². The average Bonchev–Trinajstić information content (AvgIpc) is 2.50. The Labute approximate surface area is 132 Å². The van der Waals surface area contributed by atoms with Crippen LogP contribution >= 0.6 is 12.2 Å². The first kappa shape index (κ1) is 16.0. The van der Waals surface area contributed by atoms with Crippen LogP contribution in [0.3, 0.4) is 0 Å². The Balaban J connectivity index is 2.40. The highest BCUT2D eigenvalue weighted by atomic mass is 32.1. The van der Waals surface area contributed by atoms with Gasteiger partial charge in [-0.25, -0.2) is 8.78 Å². The third-order valence-electron chi connectivity index (χ3n) is 2.82. The third-order valence-corrected chi connectivity index (χ3v) is 3.26. The molecular formula is C16H14F2N2OS. The number of benzene rings is 2. The predicted octanol–water partition coefficient (Wildman–Crippen LogP) is 3.58. The molecule has 0 saturated carbocycles. The van der Waals surface area contributed by atoms with Crippen LogP contribution in [0.25, 0.3) is 0 Å². The Kier molecular flexibility index (Phi) is 5.16. The highest BCUT2D eigenvalue weighted by Crippen LogP contribution is 2.13. The summed E-state index contributed by atoms with van der Waals surface area (Å²) >= 11 is 5.01. The van der Waals surface area contributed by atoms with E-state index < -0.39 is 0 Å². The van der Waals surface area contributed by atoms with Gasteiger partial charge in [-0.05, 0) is 60.7 Å². The number of hydrogen-bond donors (Lipinski definition) is 0. The van der Waals surface area contributed by atoms with Crippen molar-refractivity contribution < 1.29 is 13.6 Å². The summed E-state index contributed by atoms with van der Waals surface area (Å²) in [6.45, 7) is 0. The van der Waals surface area contributed by atoms with E-state index in [4.69, 9.17) is 17.1 Å². The molecule has 0 aromatic heterocycles. The molecule has 0 aliphatic heterocycles. The lowest BCUT2D eigenvalue weighted by Crippen LogP contribution is -2.21. The molecule has 0 fully saturated rings. The van der Waals surface area contributed by atoms with E-state index in [1.165, 1.54) is 24.3 Å². The molecule has 0 amide bonds. The molecule has 114 valence electrons. The minimum Gasteiger partial charge on any atom is -0.337 e. The second-order valence-electron chi connectivity index (χ2n) is 4.71. The summed E-state index contributed by atoms with van der Waals surface area (Å²) < 4.78 is 26.2. The van der Waals surface area contributed by atoms with E-state index in [1.807, 2.05) is 0 Å². The fourth-order valence-corrected chi connectivity index (χ4v) is 1.69. The molecule has 0 aliphatic carbocycles. The van der Waals surface area contributed by atoms with E-state index in [9.17, 15) is 8.78 Å². The number of rotatable bonds is 3. The molecule has 6 heteroatoms. The molecule has 0 unspecified atom stereocenters. The fraction of sp³-hybridized carbons (Fsp3) is 0.125. The van der Waals surface area contributed by atoms with Gasteiger partial charge in [0.05, 0.1) is 0 Å². The van der Waals surface area contributed by atoms with Gasteiger partial charge in [-0.15, -0.1) is 0 Å². The maximum Gasteiger partial charge on any atom is 0.291 e. The predicted molar refractivity (Wildman–Crippen MR) is 85.8 cm³/mol. The quantitative estimate of drug-likeness (QED) is 0.491. The summed E-state index contributed by atoms with van der Waals surface area (Å²) in [6, 6.07) is 11.5. The first-order valence-corrected chi connectivity index (χ1v) is 6.86. The highest BCUT2D eigenvalue weighted by Gasteiger charge is 2.10. The van der Waals surface area contributed by atoms with Gasteiger partial charge in [-0.1, -0.05) is 5.16 Å². The molecule has 0 aliphatic rings. The number of halogens is 2. The van der Waals surface area contributed by atoms with Gasteiger partial charge >= 0.3 is 0 Å². The zero-order valence-corrected chi connectivity index (χ0v) is 12.9. The fourth-order valence-electron chi connectivity index (χ4n) is 1.65. The van der Waals surface area contributed by atoms with Crippen molar-refractivity contribution >= 4 is 23.1 Å². The van der Waals surface area contributed by atoms with Crippen LogP contribution < -0.4 is 0 Å². The Bertz CT molecular complexity index is 635. The van der Waals surface area contributed by atoms with Gasteiger partial charge in [0, 0.05) is 25.2 Å². The van der Waals surface area contributed by atoms with Crippen molar-refractivity contribution in [3.05, 3.63) is 71.3 Å². The monoisotopic (exact) mass is 320 g/mol. The molecular weight excluding hydrogens is 306 g/mol. The molecule has 2 rings (SSSR count). The molecule has 0 atom stereocenters. The molecule has 2 aromatic rings. The standard InChI is InChI=1S/C16H14F2N2OS/c1-20(2)16(22)21-19-15(11-3-7-13(17)8-4-11)12-5-9-14(18)10-6-12/h3-10H,1-2H3. The maximum atomic E-state index is 13.1. The van der Waals surface area contributed by atoms with Gasteiger partial charge in [0.15, 0.2) is 0 Å². The number of oxime groups is 1. The van der Waals surface area contributed by atoms with Crippen molar-refractivity contribution in [3.63, 3.8) is 0 Å². The Morgan fingerprint density at radius 2 is 1.32 bits per heavy atom. The SMILES string of the molecule is CN(C)C(=S)ON=C(c1ccc(F)cc1)c1ccc(F)cc1. The van der Waals surface area contributed by atoms with Crippen LogP contribution in [0, 0.1) is 11.6 Å². The minimum atomic E-state index is -0.355. The zero-order valence-electron chi connectivity index (χ0n) is 12.1. The number of hydrogen-bond acceptors (Lipinski definition) is 3. The molecule has 0 heterocycles. The lowest BCUT2D eigenvalue weighted by Gasteiger charge is -2.12. The van der Waals surface area contributed by atoms with Crippen molar-refractivity contribution in [3.8, 4) is 0 Å². The van der Waals surface area contributed by atoms with Crippen LogP contribution in [0.4, 0.5) is 8.78 Å². The maximum absolute atomic E-state index is 13.1. The van der Waals surface area contributed by atoms with Crippen LogP contribution in [0.5, 0.6) is 0 Å². The van der Waals surface area contributed by atoms with Gasteiger partial charge in [0.25, 0.3) is 5.17 Å². The lowest BCUT2D eigenvalue weighted by atomic mass is 10.0.